The van der Waals surface area contributed by atoms with E-state index in [-0.39, 0.29) is 5.56 Å². The van der Waals surface area contributed by atoms with Crippen LogP contribution >= 0.6 is 0 Å². The van der Waals surface area contributed by atoms with E-state index in [1.807, 2.05) is 0 Å². The van der Waals surface area contributed by atoms with Crippen LogP contribution in [0.15, 0.2) is 47.4 Å². The molecule has 2 rings (SSSR count). The fourth-order valence-corrected chi connectivity index (χ4v) is 3.45. The van der Waals surface area contributed by atoms with E-state index in [1.54, 1.807) is 0 Å². The van der Waals surface area contributed by atoms with Gasteiger partial charge in [0.2, 0.25) is 0 Å². The predicted octanol–water partition coefficient (Wildman–Crippen LogP) is 5.16. The summed E-state index contributed by atoms with van der Waals surface area (Å²) in [7, 11) is -5.37. The lowest BCUT2D eigenvalue weighted by Gasteiger charge is -2.24. The Labute approximate surface area is 149 Å². The van der Waals surface area contributed by atoms with Gasteiger partial charge in [0.1, 0.15) is 10.7 Å². The molecule has 148 valence electrons. The minimum atomic E-state index is -5.52. The molecule has 0 aromatic heterocycles. The van der Waals surface area contributed by atoms with Gasteiger partial charge in [-0.3, -0.25) is 0 Å². The van der Waals surface area contributed by atoms with Crippen molar-refractivity contribution in [3.63, 3.8) is 0 Å². The molecule has 2 aromatic rings. The summed E-state index contributed by atoms with van der Waals surface area (Å²) in [6.07, 6.45) is -14.2. The zero-order valence-corrected chi connectivity index (χ0v) is 14.2. The fraction of sp³-hybridized carbons (Fsp3) is 0.250. The molecule has 0 radical (unpaired) electrons. The second kappa shape index (κ2) is 7.12. The van der Waals surface area contributed by atoms with Crippen molar-refractivity contribution in [2.24, 2.45) is 0 Å². The van der Waals surface area contributed by atoms with Gasteiger partial charge in [-0.15, -0.1) is 0 Å². The van der Waals surface area contributed by atoms with Crippen molar-refractivity contribution in [2.75, 3.05) is 0 Å². The average molecular weight is 416 g/mol. The van der Waals surface area contributed by atoms with E-state index in [9.17, 15) is 39.2 Å². The van der Waals surface area contributed by atoms with E-state index >= 15 is 0 Å². The van der Waals surface area contributed by atoms with Gasteiger partial charge < -0.3 is 0 Å². The third-order valence-corrected chi connectivity index (χ3v) is 4.72. The zero-order chi connectivity index (χ0) is 20.6. The molecule has 0 heterocycles. The van der Waals surface area contributed by atoms with Crippen LogP contribution in [0.1, 0.15) is 22.8 Å². The summed E-state index contributed by atoms with van der Waals surface area (Å²) in [6, 6.07) is 5.08. The number of halogens is 7. The van der Waals surface area contributed by atoms with E-state index in [4.69, 9.17) is 0 Å². The summed E-state index contributed by atoms with van der Waals surface area (Å²) in [5.41, 5.74) is -2.97. The molecular weight excluding hydrogens is 405 g/mol. The highest BCUT2D eigenvalue weighted by Crippen LogP contribution is 2.43. The van der Waals surface area contributed by atoms with Crippen LogP contribution in [0.2, 0.25) is 0 Å². The van der Waals surface area contributed by atoms with Crippen LogP contribution in [-0.4, -0.2) is 14.6 Å². The van der Waals surface area contributed by atoms with Crippen molar-refractivity contribution in [3.05, 3.63) is 65.0 Å². The van der Waals surface area contributed by atoms with Gasteiger partial charge in [0.15, 0.2) is 6.10 Å². The first kappa shape index (κ1) is 21.2. The second-order valence-corrected chi connectivity index (χ2v) is 7.03. The first-order valence-corrected chi connectivity index (χ1v) is 8.56. The Morgan fingerprint density at radius 1 is 0.963 bits per heavy atom. The molecule has 0 spiro atoms. The maximum Gasteiger partial charge on any atom is 0.420 e. The Balaban J connectivity index is 2.60. The molecule has 0 N–H and O–H groups in total. The molecule has 0 aliphatic carbocycles. The first-order chi connectivity index (χ1) is 12.2. The lowest BCUT2D eigenvalue weighted by molar-refractivity contribution is -0.199. The minimum Gasteiger partial charge on any atom is -0.248 e. The molecule has 0 bridgehead atoms. The van der Waals surface area contributed by atoms with Crippen molar-refractivity contribution in [1.29, 1.82) is 0 Å². The lowest BCUT2D eigenvalue weighted by atomic mass is 10.0. The fourth-order valence-electron chi connectivity index (χ4n) is 2.25. The van der Waals surface area contributed by atoms with Crippen molar-refractivity contribution in [1.82, 2.24) is 0 Å². The molecule has 0 aliphatic rings. The molecule has 0 unspecified atom stereocenters. The number of hydrogen-bond acceptors (Lipinski definition) is 3. The Kier molecular flexibility index (Phi) is 5.58. The summed E-state index contributed by atoms with van der Waals surface area (Å²) in [4.78, 5) is -1.21. The number of alkyl halides is 6. The first-order valence-electron chi connectivity index (χ1n) is 7.16. The normalized spacial score (nSPS) is 14.2. The standard InChI is InChI=1S/C16H11F7O3S/c1-9-6-7-12(17)13(8-9)27(24,25)26-14(16(21,22)23)10-4-2-3-5-11(10)15(18,19)20/h2-8,14H,1H3/t14-/m1/s1. The van der Waals surface area contributed by atoms with E-state index in [1.165, 1.54) is 6.92 Å². The monoisotopic (exact) mass is 416 g/mol. The topological polar surface area (TPSA) is 43.4 Å². The van der Waals surface area contributed by atoms with Gasteiger partial charge in [0.25, 0.3) is 0 Å². The van der Waals surface area contributed by atoms with Gasteiger partial charge in [0.05, 0.1) is 5.56 Å². The Morgan fingerprint density at radius 3 is 2.11 bits per heavy atom. The molecule has 1 atom stereocenters. The van der Waals surface area contributed by atoms with Gasteiger partial charge >= 0.3 is 22.5 Å². The smallest absolute Gasteiger partial charge is 0.248 e. The molecule has 3 nitrogen and oxygen atoms in total. The van der Waals surface area contributed by atoms with Crippen LogP contribution in [0.5, 0.6) is 0 Å². The summed E-state index contributed by atoms with van der Waals surface area (Å²) in [5, 5.41) is 0. The zero-order valence-electron chi connectivity index (χ0n) is 13.4. The van der Waals surface area contributed by atoms with Gasteiger partial charge in [-0.2, -0.15) is 34.8 Å². The highest BCUT2D eigenvalue weighted by molar-refractivity contribution is 7.86. The summed E-state index contributed by atoms with van der Waals surface area (Å²) < 4.78 is 121. The van der Waals surface area contributed by atoms with Crippen LogP contribution in [0, 0.1) is 12.7 Å². The third-order valence-electron chi connectivity index (χ3n) is 3.42. The molecule has 2 aromatic carbocycles. The summed E-state index contributed by atoms with van der Waals surface area (Å²) >= 11 is 0. The Bertz CT molecular complexity index is 934. The molecule has 27 heavy (non-hydrogen) atoms. The molecule has 11 heteroatoms. The maximum atomic E-state index is 13.8. The van der Waals surface area contributed by atoms with Crippen LogP contribution < -0.4 is 0 Å². The third kappa shape index (κ3) is 4.78. The maximum absolute atomic E-state index is 13.8. The number of hydrogen-bond donors (Lipinski definition) is 0. The van der Waals surface area contributed by atoms with E-state index in [2.05, 4.69) is 4.18 Å². The van der Waals surface area contributed by atoms with Crippen LogP contribution in [0.25, 0.3) is 0 Å². The van der Waals surface area contributed by atoms with E-state index in [0.717, 1.165) is 18.2 Å². The Morgan fingerprint density at radius 2 is 1.56 bits per heavy atom. The molecule has 0 saturated heterocycles. The van der Waals surface area contributed by atoms with E-state index in [0.29, 0.717) is 24.3 Å². The van der Waals surface area contributed by atoms with Crippen LogP contribution in [0.4, 0.5) is 30.7 Å². The molecule has 0 saturated carbocycles. The number of benzene rings is 2. The lowest BCUT2D eigenvalue weighted by Crippen LogP contribution is -2.29. The van der Waals surface area contributed by atoms with Crippen molar-refractivity contribution in [2.45, 2.75) is 30.3 Å². The minimum absolute atomic E-state index is 0.192. The Hall–Kier alpha value is -2.14. The summed E-state index contributed by atoms with van der Waals surface area (Å²) in [5.74, 6) is -1.40. The number of rotatable bonds is 4. The van der Waals surface area contributed by atoms with Crippen molar-refractivity contribution >= 4 is 10.1 Å². The van der Waals surface area contributed by atoms with Crippen molar-refractivity contribution < 1.29 is 43.3 Å². The average Bonchev–Trinajstić information content (AvgIpc) is 2.53. The number of aryl methyl sites for hydroxylation is 1. The second-order valence-electron chi connectivity index (χ2n) is 5.49. The highest BCUT2D eigenvalue weighted by atomic mass is 32.2. The van der Waals surface area contributed by atoms with Gasteiger partial charge in [0, 0.05) is 5.56 Å². The van der Waals surface area contributed by atoms with E-state index < -0.39 is 50.4 Å². The highest BCUT2D eigenvalue weighted by Gasteiger charge is 2.49. The van der Waals surface area contributed by atoms with Gasteiger partial charge in [-0.25, -0.2) is 8.57 Å². The molecule has 0 amide bonds. The SMILES string of the molecule is Cc1ccc(F)c(S(=O)(=O)O[C@H](c2ccccc2C(F)(F)F)C(F)(F)F)c1. The molecule has 0 aliphatic heterocycles. The molecular formula is C16H11F7O3S. The quantitative estimate of drug-likeness (QED) is 0.511. The largest absolute Gasteiger partial charge is 0.420 e. The predicted molar refractivity (Wildman–Crippen MR) is 79.6 cm³/mol. The molecule has 0 fully saturated rings. The van der Waals surface area contributed by atoms with Crippen LogP contribution in [0.3, 0.4) is 0 Å². The van der Waals surface area contributed by atoms with Crippen LogP contribution in [-0.2, 0) is 20.5 Å². The van der Waals surface area contributed by atoms with Gasteiger partial charge in [-0.1, -0.05) is 24.3 Å². The van der Waals surface area contributed by atoms with Gasteiger partial charge in [-0.05, 0) is 30.7 Å². The summed E-state index contributed by atoms with van der Waals surface area (Å²) in [6.45, 7) is 1.35. The van der Waals surface area contributed by atoms with Crippen molar-refractivity contribution in [3.8, 4) is 0 Å².